The van der Waals surface area contributed by atoms with Crippen molar-refractivity contribution in [3.63, 3.8) is 0 Å². The van der Waals surface area contributed by atoms with Gasteiger partial charge in [-0.1, -0.05) is 15.9 Å². The minimum absolute atomic E-state index is 0.148. The summed E-state index contributed by atoms with van der Waals surface area (Å²) in [5.74, 6) is 1.51. The molecule has 1 heterocycles. The second kappa shape index (κ2) is 5.38. The number of hydrogen-bond donors (Lipinski definition) is 1. The van der Waals surface area contributed by atoms with Crippen molar-refractivity contribution in [2.24, 2.45) is 5.73 Å². The van der Waals surface area contributed by atoms with Crippen molar-refractivity contribution in [1.82, 2.24) is 0 Å². The summed E-state index contributed by atoms with van der Waals surface area (Å²) in [7, 11) is 0. The third-order valence-electron chi connectivity index (χ3n) is 2.38. The van der Waals surface area contributed by atoms with Crippen molar-refractivity contribution in [1.29, 1.82) is 0 Å². The van der Waals surface area contributed by atoms with E-state index < -0.39 is 0 Å². The monoisotopic (exact) mass is 295 g/mol. The number of benzene rings is 1. The molecule has 0 saturated heterocycles. The molecule has 0 amide bonds. The second-order valence-corrected chi connectivity index (χ2v) is 4.78. The zero-order valence-electron chi connectivity index (χ0n) is 9.47. The van der Waals surface area contributed by atoms with Gasteiger partial charge >= 0.3 is 0 Å². The fourth-order valence-corrected chi connectivity index (χ4v) is 1.80. The van der Waals surface area contributed by atoms with Crippen molar-refractivity contribution < 1.29 is 9.15 Å². The van der Waals surface area contributed by atoms with Gasteiger partial charge in [-0.2, -0.15) is 0 Å². The molecule has 0 spiro atoms. The average molecular weight is 296 g/mol. The summed E-state index contributed by atoms with van der Waals surface area (Å²) in [4.78, 5) is 0. The van der Waals surface area contributed by atoms with Gasteiger partial charge in [0.25, 0.3) is 0 Å². The van der Waals surface area contributed by atoms with Gasteiger partial charge < -0.3 is 14.9 Å². The molecule has 1 aromatic heterocycles. The number of ether oxygens (including phenoxy) is 1. The minimum atomic E-state index is -0.272. The molecule has 0 fully saturated rings. The number of nitrogens with two attached hydrogens (primary N) is 1. The molecule has 4 heteroatoms. The van der Waals surface area contributed by atoms with E-state index in [1.54, 1.807) is 6.26 Å². The van der Waals surface area contributed by atoms with Crippen LogP contribution < -0.4 is 10.5 Å². The molecule has 3 nitrogen and oxygen atoms in total. The van der Waals surface area contributed by atoms with Gasteiger partial charge in [0.05, 0.1) is 6.26 Å². The van der Waals surface area contributed by atoms with Gasteiger partial charge in [0.2, 0.25) is 0 Å². The molecule has 0 aliphatic carbocycles. The van der Waals surface area contributed by atoms with Crippen molar-refractivity contribution in [3.05, 3.63) is 52.9 Å². The topological polar surface area (TPSA) is 48.4 Å². The predicted molar refractivity (Wildman–Crippen MR) is 69.9 cm³/mol. The quantitative estimate of drug-likeness (QED) is 0.939. The Kier molecular flexibility index (Phi) is 3.86. The molecule has 0 bridgehead atoms. The summed E-state index contributed by atoms with van der Waals surface area (Å²) >= 11 is 3.38. The summed E-state index contributed by atoms with van der Waals surface area (Å²) in [5.41, 5.74) is 5.91. The highest BCUT2D eigenvalue weighted by Gasteiger charge is 2.20. The number of hydrogen-bond acceptors (Lipinski definition) is 3. The second-order valence-electron chi connectivity index (χ2n) is 3.87. The maximum absolute atomic E-state index is 5.91. The first-order valence-electron chi connectivity index (χ1n) is 5.38. The van der Waals surface area contributed by atoms with Gasteiger partial charge in [0.15, 0.2) is 6.10 Å². The van der Waals surface area contributed by atoms with Crippen molar-refractivity contribution in [2.75, 3.05) is 0 Å². The standard InChI is InChI=1S/C13H14BrNO2/c1-9(15)13(12-3-2-8-16-12)17-11-6-4-10(14)5-7-11/h2-9,13H,15H2,1H3. The summed E-state index contributed by atoms with van der Waals surface area (Å²) in [6.45, 7) is 1.89. The maximum atomic E-state index is 5.91. The molecule has 0 radical (unpaired) electrons. The van der Waals surface area contributed by atoms with E-state index in [1.165, 1.54) is 0 Å². The third-order valence-corrected chi connectivity index (χ3v) is 2.91. The Hall–Kier alpha value is -1.26. The fraction of sp³-hybridized carbons (Fsp3) is 0.231. The molecule has 1 aromatic carbocycles. The van der Waals surface area contributed by atoms with Gasteiger partial charge in [0, 0.05) is 10.5 Å². The number of furan rings is 1. The Morgan fingerprint density at radius 2 is 1.94 bits per heavy atom. The molecular formula is C13H14BrNO2. The Morgan fingerprint density at radius 3 is 2.47 bits per heavy atom. The first kappa shape index (κ1) is 12.2. The largest absolute Gasteiger partial charge is 0.481 e. The highest BCUT2D eigenvalue weighted by atomic mass is 79.9. The first-order chi connectivity index (χ1) is 8.16. The predicted octanol–water partition coefficient (Wildman–Crippen LogP) is 3.51. The smallest absolute Gasteiger partial charge is 0.171 e. The Bertz CT molecular complexity index is 451. The van der Waals surface area contributed by atoms with E-state index in [9.17, 15) is 0 Å². The van der Waals surface area contributed by atoms with E-state index in [2.05, 4.69) is 15.9 Å². The zero-order chi connectivity index (χ0) is 12.3. The number of halogens is 1. The molecular weight excluding hydrogens is 282 g/mol. The summed E-state index contributed by atoms with van der Waals surface area (Å²) < 4.78 is 12.2. The average Bonchev–Trinajstić information content (AvgIpc) is 2.81. The van der Waals surface area contributed by atoms with Crippen LogP contribution in [0.1, 0.15) is 18.8 Å². The maximum Gasteiger partial charge on any atom is 0.171 e. The van der Waals surface area contributed by atoms with Crippen LogP contribution in [-0.2, 0) is 0 Å². The molecule has 0 aliphatic rings. The van der Waals surface area contributed by atoms with Gasteiger partial charge in [-0.3, -0.25) is 0 Å². The Balaban J connectivity index is 2.16. The third kappa shape index (κ3) is 3.11. The van der Waals surface area contributed by atoms with Crippen LogP contribution in [0.3, 0.4) is 0 Å². The highest BCUT2D eigenvalue weighted by Crippen LogP contribution is 2.25. The van der Waals surface area contributed by atoms with Crippen LogP contribution in [0.2, 0.25) is 0 Å². The van der Waals surface area contributed by atoms with E-state index >= 15 is 0 Å². The van der Waals surface area contributed by atoms with Gasteiger partial charge in [0.1, 0.15) is 11.5 Å². The van der Waals surface area contributed by atoms with Crippen molar-refractivity contribution in [3.8, 4) is 5.75 Å². The lowest BCUT2D eigenvalue weighted by Gasteiger charge is -2.20. The highest BCUT2D eigenvalue weighted by molar-refractivity contribution is 9.10. The van der Waals surface area contributed by atoms with Crippen molar-refractivity contribution >= 4 is 15.9 Å². The van der Waals surface area contributed by atoms with Crippen molar-refractivity contribution in [2.45, 2.75) is 19.1 Å². The minimum Gasteiger partial charge on any atom is -0.481 e. The molecule has 90 valence electrons. The zero-order valence-corrected chi connectivity index (χ0v) is 11.1. The molecule has 2 N–H and O–H groups in total. The molecule has 0 aliphatic heterocycles. The van der Waals surface area contributed by atoms with Crippen LogP contribution in [0.5, 0.6) is 5.75 Å². The SMILES string of the molecule is CC(N)C(Oc1ccc(Br)cc1)c1ccco1. The van der Waals surface area contributed by atoms with E-state index in [0.717, 1.165) is 16.0 Å². The molecule has 2 unspecified atom stereocenters. The van der Waals surface area contributed by atoms with E-state index in [-0.39, 0.29) is 12.1 Å². The molecule has 2 aromatic rings. The van der Waals surface area contributed by atoms with Crippen LogP contribution in [-0.4, -0.2) is 6.04 Å². The lowest BCUT2D eigenvalue weighted by atomic mass is 10.1. The molecule has 2 rings (SSSR count). The van der Waals surface area contributed by atoms with E-state index in [4.69, 9.17) is 14.9 Å². The summed E-state index contributed by atoms with van der Waals surface area (Å²) in [6, 6.07) is 11.2. The van der Waals surface area contributed by atoms with Crippen LogP contribution in [0.4, 0.5) is 0 Å². The normalized spacial score (nSPS) is 14.3. The van der Waals surface area contributed by atoms with E-state index in [0.29, 0.717) is 0 Å². The Morgan fingerprint density at radius 1 is 1.24 bits per heavy atom. The van der Waals surface area contributed by atoms with Gasteiger partial charge in [-0.15, -0.1) is 0 Å². The molecule has 0 saturated carbocycles. The van der Waals surface area contributed by atoms with E-state index in [1.807, 2.05) is 43.3 Å². The van der Waals surface area contributed by atoms with Crippen LogP contribution >= 0.6 is 15.9 Å². The van der Waals surface area contributed by atoms with Crippen LogP contribution in [0.15, 0.2) is 51.6 Å². The van der Waals surface area contributed by atoms with Crippen LogP contribution in [0.25, 0.3) is 0 Å². The molecule has 17 heavy (non-hydrogen) atoms. The Labute approximate surface area is 109 Å². The molecule has 2 atom stereocenters. The number of rotatable bonds is 4. The first-order valence-corrected chi connectivity index (χ1v) is 6.17. The van der Waals surface area contributed by atoms with Gasteiger partial charge in [-0.25, -0.2) is 0 Å². The van der Waals surface area contributed by atoms with Crippen LogP contribution in [0, 0.1) is 0 Å². The van der Waals surface area contributed by atoms with Gasteiger partial charge in [-0.05, 0) is 43.3 Å². The summed E-state index contributed by atoms with van der Waals surface area (Å²) in [5, 5.41) is 0. The lowest BCUT2D eigenvalue weighted by molar-refractivity contribution is 0.153. The summed E-state index contributed by atoms with van der Waals surface area (Å²) in [6.07, 6.45) is 1.35. The fourth-order valence-electron chi connectivity index (χ4n) is 1.54. The lowest BCUT2D eigenvalue weighted by Crippen LogP contribution is -2.28.